The normalized spacial score (nSPS) is 14.7. The highest BCUT2D eigenvalue weighted by Crippen LogP contribution is 2.14. The fraction of sp³-hybridized carbons (Fsp3) is 0.348. The number of halogens is 1. The van der Waals surface area contributed by atoms with Crippen LogP contribution >= 0.6 is 11.6 Å². The van der Waals surface area contributed by atoms with Gasteiger partial charge in [-0.3, -0.25) is 14.5 Å². The molecule has 4 rings (SSSR count). The molecule has 0 spiro atoms. The number of nitrogens with zero attached hydrogens (tertiary/aromatic N) is 4. The zero-order chi connectivity index (χ0) is 21.6. The summed E-state index contributed by atoms with van der Waals surface area (Å²) in [6, 6.07) is 12.9. The highest BCUT2D eigenvalue weighted by molar-refractivity contribution is 6.30. The van der Waals surface area contributed by atoms with Crippen molar-refractivity contribution in [2.24, 2.45) is 0 Å². The number of carbonyl (C=O) groups is 2. The largest absolute Gasteiger partial charge is 0.352 e. The van der Waals surface area contributed by atoms with Crippen LogP contribution in [0.15, 0.2) is 54.9 Å². The minimum Gasteiger partial charge on any atom is -0.352 e. The Morgan fingerprint density at radius 2 is 1.77 bits per heavy atom. The molecule has 0 unspecified atom stereocenters. The second-order valence-corrected chi connectivity index (χ2v) is 8.16. The van der Waals surface area contributed by atoms with Gasteiger partial charge in [-0.1, -0.05) is 29.8 Å². The van der Waals surface area contributed by atoms with Gasteiger partial charge in [0, 0.05) is 63.6 Å². The van der Waals surface area contributed by atoms with E-state index >= 15 is 0 Å². The number of amides is 2. The molecule has 1 aliphatic heterocycles. The first kappa shape index (κ1) is 21.3. The van der Waals surface area contributed by atoms with Crippen molar-refractivity contribution in [3.8, 4) is 0 Å². The summed E-state index contributed by atoms with van der Waals surface area (Å²) in [6.45, 7) is 4.34. The van der Waals surface area contributed by atoms with Crippen LogP contribution in [-0.2, 0) is 11.3 Å². The minimum atomic E-state index is -0.101. The molecule has 1 saturated heterocycles. The molecule has 2 aromatic heterocycles. The van der Waals surface area contributed by atoms with Gasteiger partial charge < -0.3 is 14.6 Å². The van der Waals surface area contributed by atoms with Crippen molar-refractivity contribution in [2.45, 2.75) is 19.4 Å². The van der Waals surface area contributed by atoms with E-state index in [-0.39, 0.29) is 11.8 Å². The summed E-state index contributed by atoms with van der Waals surface area (Å²) in [7, 11) is 0. The summed E-state index contributed by atoms with van der Waals surface area (Å²) in [5.41, 5.74) is 2.52. The predicted octanol–water partition coefficient (Wildman–Crippen LogP) is 2.84. The van der Waals surface area contributed by atoms with Gasteiger partial charge >= 0.3 is 0 Å². The Labute approximate surface area is 186 Å². The van der Waals surface area contributed by atoms with E-state index in [4.69, 9.17) is 11.6 Å². The van der Waals surface area contributed by atoms with Crippen LogP contribution in [0.25, 0.3) is 5.65 Å². The van der Waals surface area contributed by atoms with E-state index < -0.39 is 0 Å². The molecule has 1 aliphatic rings. The standard InChI is InChI=1S/C23H26ClN5O2/c24-19-8-9-21-26-20(17-29(21)15-19)16-27-11-13-28(14-12-27)22(30)7-4-10-25-23(31)18-5-2-1-3-6-18/h1-3,5-6,8-9,15,17H,4,7,10-14,16H2,(H,25,31). The lowest BCUT2D eigenvalue weighted by molar-refractivity contribution is -0.133. The number of aromatic nitrogens is 2. The van der Waals surface area contributed by atoms with Crippen molar-refractivity contribution >= 4 is 29.1 Å². The van der Waals surface area contributed by atoms with Gasteiger partial charge in [0.25, 0.3) is 5.91 Å². The van der Waals surface area contributed by atoms with E-state index in [1.165, 1.54) is 0 Å². The first-order chi connectivity index (χ1) is 15.1. The SMILES string of the molecule is O=C(NCCCC(=O)N1CCN(Cc2cn3cc(Cl)ccc3n2)CC1)c1ccccc1. The van der Waals surface area contributed by atoms with E-state index in [0.29, 0.717) is 43.1 Å². The molecule has 1 N–H and O–H groups in total. The molecule has 3 heterocycles. The molecule has 0 bridgehead atoms. The smallest absolute Gasteiger partial charge is 0.251 e. The van der Waals surface area contributed by atoms with Crippen LogP contribution in [0.2, 0.25) is 5.02 Å². The highest BCUT2D eigenvalue weighted by atomic mass is 35.5. The Morgan fingerprint density at radius 1 is 1.00 bits per heavy atom. The molecule has 31 heavy (non-hydrogen) atoms. The average molecular weight is 440 g/mol. The summed E-state index contributed by atoms with van der Waals surface area (Å²) in [5, 5.41) is 3.55. The average Bonchev–Trinajstić information content (AvgIpc) is 3.18. The Morgan fingerprint density at radius 3 is 2.55 bits per heavy atom. The number of nitrogens with one attached hydrogen (secondary N) is 1. The van der Waals surface area contributed by atoms with Crippen LogP contribution < -0.4 is 5.32 Å². The lowest BCUT2D eigenvalue weighted by atomic mass is 10.2. The molecule has 0 atom stereocenters. The molecule has 2 amide bonds. The molecule has 3 aromatic rings. The van der Waals surface area contributed by atoms with Crippen LogP contribution in [0, 0.1) is 0 Å². The van der Waals surface area contributed by atoms with Crippen molar-refractivity contribution in [3.63, 3.8) is 0 Å². The quantitative estimate of drug-likeness (QED) is 0.575. The third-order valence-electron chi connectivity index (χ3n) is 5.46. The fourth-order valence-electron chi connectivity index (χ4n) is 3.77. The molecule has 8 heteroatoms. The van der Waals surface area contributed by atoms with Crippen molar-refractivity contribution in [1.29, 1.82) is 0 Å². The topological polar surface area (TPSA) is 70.0 Å². The maximum atomic E-state index is 12.5. The highest BCUT2D eigenvalue weighted by Gasteiger charge is 2.21. The number of rotatable bonds is 7. The first-order valence-electron chi connectivity index (χ1n) is 10.5. The number of piperazine rings is 1. The molecular weight excluding hydrogens is 414 g/mol. The Balaban J connectivity index is 1.17. The van der Waals surface area contributed by atoms with Gasteiger partial charge in [-0.2, -0.15) is 0 Å². The zero-order valence-corrected chi connectivity index (χ0v) is 18.1. The molecule has 0 aliphatic carbocycles. The predicted molar refractivity (Wildman–Crippen MR) is 120 cm³/mol. The van der Waals surface area contributed by atoms with E-state index in [0.717, 1.165) is 31.0 Å². The van der Waals surface area contributed by atoms with E-state index in [2.05, 4.69) is 15.2 Å². The number of carbonyl (C=O) groups excluding carboxylic acids is 2. The van der Waals surface area contributed by atoms with Gasteiger partial charge in [0.2, 0.25) is 5.91 Å². The van der Waals surface area contributed by atoms with Gasteiger partial charge in [-0.15, -0.1) is 0 Å². The van der Waals surface area contributed by atoms with Crippen molar-refractivity contribution in [1.82, 2.24) is 24.5 Å². The van der Waals surface area contributed by atoms with Crippen molar-refractivity contribution < 1.29 is 9.59 Å². The lowest BCUT2D eigenvalue weighted by Gasteiger charge is -2.34. The van der Waals surface area contributed by atoms with Crippen LogP contribution in [0.5, 0.6) is 0 Å². The molecule has 0 radical (unpaired) electrons. The monoisotopic (exact) mass is 439 g/mol. The van der Waals surface area contributed by atoms with E-state index in [1.807, 2.05) is 52.0 Å². The number of benzene rings is 1. The molecule has 162 valence electrons. The van der Waals surface area contributed by atoms with Gasteiger partial charge in [-0.25, -0.2) is 4.98 Å². The summed E-state index contributed by atoms with van der Waals surface area (Å²) >= 11 is 6.04. The first-order valence-corrected chi connectivity index (χ1v) is 10.9. The molecule has 7 nitrogen and oxygen atoms in total. The summed E-state index contributed by atoms with van der Waals surface area (Å²) < 4.78 is 1.94. The summed E-state index contributed by atoms with van der Waals surface area (Å²) in [6.07, 6.45) is 4.94. The van der Waals surface area contributed by atoms with Crippen molar-refractivity contribution in [3.05, 3.63) is 71.1 Å². The van der Waals surface area contributed by atoms with Crippen LogP contribution in [-0.4, -0.2) is 63.7 Å². The van der Waals surface area contributed by atoms with Crippen LogP contribution in [0.3, 0.4) is 0 Å². The van der Waals surface area contributed by atoms with Gasteiger partial charge in [0.05, 0.1) is 10.7 Å². The second-order valence-electron chi connectivity index (χ2n) is 7.73. The van der Waals surface area contributed by atoms with Crippen molar-refractivity contribution in [2.75, 3.05) is 32.7 Å². The minimum absolute atomic E-state index is 0.101. The molecule has 0 saturated carbocycles. The third-order valence-corrected chi connectivity index (χ3v) is 5.69. The van der Waals surface area contributed by atoms with Gasteiger partial charge in [0.15, 0.2) is 0 Å². The fourth-order valence-corrected chi connectivity index (χ4v) is 3.94. The van der Waals surface area contributed by atoms with Crippen LogP contribution in [0.1, 0.15) is 28.9 Å². The molecule has 1 aromatic carbocycles. The Hall–Kier alpha value is -2.90. The van der Waals surface area contributed by atoms with Crippen LogP contribution in [0.4, 0.5) is 0 Å². The summed E-state index contributed by atoms with van der Waals surface area (Å²) in [5.74, 6) is 0.0480. The van der Waals surface area contributed by atoms with E-state index in [9.17, 15) is 9.59 Å². The number of hydrogen-bond acceptors (Lipinski definition) is 4. The number of hydrogen-bond donors (Lipinski definition) is 1. The number of fused-ring (bicyclic) bond motifs is 1. The Bertz CT molecular complexity index is 1040. The van der Waals surface area contributed by atoms with Gasteiger partial charge in [0.1, 0.15) is 5.65 Å². The van der Waals surface area contributed by atoms with Gasteiger partial charge in [-0.05, 0) is 30.7 Å². The number of pyridine rings is 1. The maximum absolute atomic E-state index is 12.5. The molecular formula is C23H26ClN5O2. The molecule has 1 fully saturated rings. The zero-order valence-electron chi connectivity index (χ0n) is 17.3. The van der Waals surface area contributed by atoms with E-state index in [1.54, 1.807) is 12.1 Å². The lowest BCUT2D eigenvalue weighted by Crippen LogP contribution is -2.48. The second kappa shape index (κ2) is 9.94. The Kier molecular flexibility index (Phi) is 6.84. The maximum Gasteiger partial charge on any atom is 0.251 e. The summed E-state index contributed by atoms with van der Waals surface area (Å²) in [4.78, 5) is 33.4. The number of imidazole rings is 1. The third kappa shape index (κ3) is 5.62.